The molecule has 1 atom stereocenters. The molecular formula is C18H24IN3O3. The molecule has 1 aliphatic heterocycles. The van der Waals surface area contributed by atoms with Gasteiger partial charge in [0.05, 0.1) is 0 Å². The van der Waals surface area contributed by atoms with Gasteiger partial charge in [-0.15, -0.1) is 0 Å². The van der Waals surface area contributed by atoms with Crippen molar-refractivity contribution in [2.75, 3.05) is 11.9 Å². The molecule has 6 nitrogen and oxygen atoms in total. The molecule has 1 heterocycles. The van der Waals surface area contributed by atoms with E-state index in [4.69, 9.17) is 0 Å². The summed E-state index contributed by atoms with van der Waals surface area (Å²) in [6.45, 7) is 3.58. The number of unbranched alkanes of at least 4 members (excludes halogenated alkanes) is 3. The quantitative estimate of drug-likeness (QED) is 0.356. The average Bonchev–Trinajstić information content (AvgIpc) is 2.75. The molecule has 1 aromatic rings. The summed E-state index contributed by atoms with van der Waals surface area (Å²) in [6.07, 6.45) is 4.72. The Balaban J connectivity index is 1.94. The summed E-state index contributed by atoms with van der Waals surface area (Å²) in [7, 11) is 0. The van der Waals surface area contributed by atoms with Gasteiger partial charge in [-0.25, -0.2) is 4.79 Å². The van der Waals surface area contributed by atoms with Crippen LogP contribution in [0.15, 0.2) is 24.3 Å². The number of carbonyl (C=O) groups is 3. The normalized spacial score (nSPS) is 19.9. The Morgan fingerprint density at radius 2 is 2.04 bits per heavy atom. The van der Waals surface area contributed by atoms with Crippen LogP contribution < -0.4 is 10.6 Å². The predicted molar refractivity (Wildman–Crippen MR) is 105 cm³/mol. The SMILES string of the molecule is CCCCCCC1(C)NC(=O)N(CC(=O)Nc2cccc(I)c2)C1=O. The van der Waals surface area contributed by atoms with Crippen molar-refractivity contribution in [3.8, 4) is 0 Å². The van der Waals surface area contributed by atoms with E-state index in [1.165, 1.54) is 0 Å². The summed E-state index contributed by atoms with van der Waals surface area (Å²) in [5.41, 5.74) is -0.265. The largest absolute Gasteiger partial charge is 0.325 e. The van der Waals surface area contributed by atoms with Crippen LogP contribution in [0.25, 0.3) is 0 Å². The molecule has 1 aliphatic rings. The van der Waals surface area contributed by atoms with Crippen molar-refractivity contribution >= 4 is 46.1 Å². The minimum absolute atomic E-state index is 0.277. The van der Waals surface area contributed by atoms with Crippen LogP contribution in [0, 0.1) is 3.57 Å². The first-order valence-corrected chi connectivity index (χ1v) is 9.63. The molecule has 1 fully saturated rings. The van der Waals surface area contributed by atoms with Gasteiger partial charge < -0.3 is 10.6 Å². The Bertz CT molecular complexity index is 665. The number of halogens is 1. The van der Waals surface area contributed by atoms with E-state index in [0.717, 1.165) is 34.2 Å². The zero-order chi connectivity index (χ0) is 18.4. The third kappa shape index (κ3) is 5.17. The van der Waals surface area contributed by atoms with Crippen molar-refractivity contribution in [2.45, 2.75) is 51.5 Å². The van der Waals surface area contributed by atoms with Gasteiger partial charge in [-0.05, 0) is 54.1 Å². The fourth-order valence-corrected chi connectivity index (χ4v) is 3.42. The molecule has 1 unspecified atom stereocenters. The summed E-state index contributed by atoms with van der Waals surface area (Å²) in [4.78, 5) is 37.9. The van der Waals surface area contributed by atoms with Crippen molar-refractivity contribution in [1.29, 1.82) is 0 Å². The Morgan fingerprint density at radius 1 is 1.28 bits per heavy atom. The smallest absolute Gasteiger partial charge is 0.324 e. The molecule has 4 amide bonds. The maximum Gasteiger partial charge on any atom is 0.325 e. The lowest BCUT2D eigenvalue weighted by Gasteiger charge is -2.21. The zero-order valence-corrected chi connectivity index (χ0v) is 16.8. The van der Waals surface area contributed by atoms with Crippen LogP contribution in [-0.4, -0.2) is 34.8 Å². The molecule has 0 spiro atoms. The topological polar surface area (TPSA) is 78.5 Å². The number of urea groups is 1. The molecule has 136 valence electrons. The standard InChI is InChI=1S/C18H24IN3O3/c1-3-4-5-6-10-18(2)16(24)22(17(25)21-18)12-15(23)20-14-9-7-8-13(19)11-14/h7-9,11H,3-6,10,12H2,1-2H3,(H,20,23)(H,21,25). The van der Waals surface area contributed by atoms with Gasteiger partial charge in [0.1, 0.15) is 12.1 Å². The van der Waals surface area contributed by atoms with Gasteiger partial charge in [-0.3, -0.25) is 14.5 Å². The van der Waals surface area contributed by atoms with E-state index in [0.29, 0.717) is 12.1 Å². The van der Waals surface area contributed by atoms with Gasteiger partial charge in [0.25, 0.3) is 5.91 Å². The number of carbonyl (C=O) groups excluding carboxylic acids is 3. The average molecular weight is 457 g/mol. The Morgan fingerprint density at radius 3 is 2.72 bits per heavy atom. The van der Waals surface area contributed by atoms with E-state index >= 15 is 0 Å². The summed E-state index contributed by atoms with van der Waals surface area (Å²) in [5.74, 6) is -0.715. The van der Waals surface area contributed by atoms with Gasteiger partial charge in [0.15, 0.2) is 0 Å². The number of nitrogens with one attached hydrogen (secondary N) is 2. The van der Waals surface area contributed by atoms with Crippen LogP contribution in [0.1, 0.15) is 46.0 Å². The van der Waals surface area contributed by atoms with Gasteiger partial charge in [0.2, 0.25) is 5.91 Å². The van der Waals surface area contributed by atoms with Crippen molar-refractivity contribution in [3.05, 3.63) is 27.8 Å². The maximum atomic E-state index is 12.6. The second kappa shape index (κ2) is 8.64. The van der Waals surface area contributed by atoms with Crippen molar-refractivity contribution < 1.29 is 14.4 Å². The Labute approximate surface area is 161 Å². The highest BCUT2D eigenvalue weighted by atomic mass is 127. The number of hydrogen-bond acceptors (Lipinski definition) is 3. The molecule has 0 aromatic heterocycles. The van der Waals surface area contributed by atoms with Gasteiger partial charge in [-0.2, -0.15) is 0 Å². The molecule has 0 saturated carbocycles. The lowest BCUT2D eigenvalue weighted by molar-refractivity contribution is -0.133. The summed E-state index contributed by atoms with van der Waals surface area (Å²) >= 11 is 2.15. The first kappa shape index (κ1) is 19.7. The summed E-state index contributed by atoms with van der Waals surface area (Å²) < 4.78 is 0.991. The van der Waals surface area contributed by atoms with E-state index in [-0.39, 0.29) is 18.4 Å². The highest BCUT2D eigenvalue weighted by molar-refractivity contribution is 14.1. The number of amides is 4. The van der Waals surface area contributed by atoms with Gasteiger partial charge >= 0.3 is 6.03 Å². The molecule has 0 bridgehead atoms. The molecule has 0 radical (unpaired) electrons. The fraction of sp³-hybridized carbons (Fsp3) is 0.500. The van der Waals surface area contributed by atoms with E-state index < -0.39 is 11.6 Å². The highest BCUT2D eigenvalue weighted by Crippen LogP contribution is 2.24. The summed E-state index contributed by atoms with van der Waals surface area (Å²) in [6, 6.07) is 6.84. The number of imide groups is 1. The molecule has 7 heteroatoms. The number of nitrogens with zero attached hydrogens (tertiary/aromatic N) is 1. The number of benzene rings is 1. The molecule has 1 aromatic carbocycles. The van der Waals surface area contributed by atoms with Crippen LogP contribution in [-0.2, 0) is 9.59 Å². The maximum absolute atomic E-state index is 12.6. The number of hydrogen-bond donors (Lipinski definition) is 2. The lowest BCUT2D eigenvalue weighted by atomic mass is 9.94. The second-order valence-electron chi connectivity index (χ2n) is 6.52. The Hall–Kier alpha value is -1.64. The minimum Gasteiger partial charge on any atom is -0.324 e. The monoisotopic (exact) mass is 457 g/mol. The van der Waals surface area contributed by atoms with E-state index in [9.17, 15) is 14.4 Å². The lowest BCUT2D eigenvalue weighted by Crippen LogP contribution is -2.44. The highest BCUT2D eigenvalue weighted by Gasteiger charge is 2.47. The predicted octanol–water partition coefficient (Wildman–Crippen LogP) is 3.51. The van der Waals surface area contributed by atoms with Crippen LogP contribution in [0.3, 0.4) is 0 Å². The van der Waals surface area contributed by atoms with Crippen LogP contribution >= 0.6 is 22.6 Å². The van der Waals surface area contributed by atoms with E-state index in [1.807, 2.05) is 18.2 Å². The van der Waals surface area contributed by atoms with Crippen molar-refractivity contribution in [2.24, 2.45) is 0 Å². The zero-order valence-electron chi connectivity index (χ0n) is 14.6. The number of rotatable bonds is 8. The third-order valence-corrected chi connectivity index (χ3v) is 4.96. The first-order valence-electron chi connectivity index (χ1n) is 8.55. The van der Waals surface area contributed by atoms with Crippen molar-refractivity contribution in [1.82, 2.24) is 10.2 Å². The molecular weight excluding hydrogens is 433 g/mol. The number of anilines is 1. The molecule has 1 saturated heterocycles. The van der Waals surface area contributed by atoms with Crippen LogP contribution in [0.5, 0.6) is 0 Å². The van der Waals surface area contributed by atoms with Crippen LogP contribution in [0.4, 0.5) is 10.5 Å². The first-order chi connectivity index (χ1) is 11.9. The molecule has 0 aliphatic carbocycles. The summed E-state index contributed by atoms with van der Waals surface area (Å²) in [5, 5.41) is 5.46. The second-order valence-corrected chi connectivity index (χ2v) is 7.77. The molecule has 2 N–H and O–H groups in total. The van der Waals surface area contributed by atoms with Crippen molar-refractivity contribution in [3.63, 3.8) is 0 Å². The van der Waals surface area contributed by atoms with Gasteiger partial charge in [0, 0.05) is 9.26 Å². The third-order valence-electron chi connectivity index (χ3n) is 4.29. The van der Waals surface area contributed by atoms with Gasteiger partial charge in [-0.1, -0.05) is 38.7 Å². The fourth-order valence-electron chi connectivity index (χ4n) is 2.88. The Kier molecular flexibility index (Phi) is 6.80. The minimum atomic E-state index is -0.909. The molecule has 2 rings (SSSR count). The van der Waals surface area contributed by atoms with Crippen LogP contribution in [0.2, 0.25) is 0 Å². The van der Waals surface area contributed by atoms with E-state index in [1.54, 1.807) is 13.0 Å². The van der Waals surface area contributed by atoms with E-state index in [2.05, 4.69) is 40.1 Å². The molecule has 25 heavy (non-hydrogen) atoms.